The molecule has 0 aliphatic heterocycles. The van der Waals surface area contributed by atoms with E-state index in [0.29, 0.717) is 5.95 Å². The molecule has 2 rings (SSSR count). The first-order valence-electron chi connectivity index (χ1n) is 7.73. The number of halogens is 1. The number of nitro groups is 1. The molecule has 0 saturated carbocycles. The van der Waals surface area contributed by atoms with Gasteiger partial charge < -0.3 is 20.7 Å². The van der Waals surface area contributed by atoms with E-state index in [9.17, 15) is 19.7 Å². The zero-order valence-electron chi connectivity index (χ0n) is 14.9. The number of carbonyl (C=O) groups excluding carboxylic acids is 2. The van der Waals surface area contributed by atoms with E-state index < -0.39 is 29.0 Å². The molecule has 0 spiro atoms. The van der Waals surface area contributed by atoms with E-state index in [0.717, 1.165) is 6.07 Å². The van der Waals surface area contributed by atoms with Gasteiger partial charge in [-0.25, -0.2) is 0 Å². The number of hydrogen-bond donors (Lipinski definition) is 2. The van der Waals surface area contributed by atoms with E-state index in [1.807, 2.05) is 0 Å². The van der Waals surface area contributed by atoms with Crippen molar-refractivity contribution in [3.63, 3.8) is 0 Å². The van der Waals surface area contributed by atoms with E-state index in [1.165, 1.54) is 12.1 Å². The highest BCUT2D eigenvalue weighted by molar-refractivity contribution is 6.32. The zero-order valence-corrected chi connectivity index (χ0v) is 15.6. The van der Waals surface area contributed by atoms with Gasteiger partial charge in [-0.15, -0.1) is 0 Å². The van der Waals surface area contributed by atoms with Crippen molar-refractivity contribution in [2.75, 3.05) is 31.3 Å². The number of nitrogens with two attached hydrogens (primary N) is 1. The van der Waals surface area contributed by atoms with Gasteiger partial charge in [0.2, 0.25) is 11.9 Å². The van der Waals surface area contributed by atoms with E-state index in [2.05, 4.69) is 20.3 Å². The molecular formula is C15H16ClN7O5. The normalized spacial score (nSPS) is 10.2. The van der Waals surface area contributed by atoms with Gasteiger partial charge >= 0.3 is 5.97 Å². The minimum atomic E-state index is -0.762. The molecule has 1 aromatic carbocycles. The third-order valence-electron chi connectivity index (χ3n) is 3.25. The van der Waals surface area contributed by atoms with Crippen LogP contribution >= 0.6 is 11.6 Å². The van der Waals surface area contributed by atoms with Crippen molar-refractivity contribution in [3.8, 4) is 0 Å². The number of esters is 1. The highest BCUT2D eigenvalue weighted by Gasteiger charge is 2.17. The van der Waals surface area contributed by atoms with Crippen LogP contribution in [-0.4, -0.2) is 52.4 Å². The fraction of sp³-hybridized carbons (Fsp3) is 0.267. The summed E-state index contributed by atoms with van der Waals surface area (Å²) in [5, 5.41) is 13.1. The molecule has 0 fully saturated rings. The maximum Gasteiger partial charge on any atom is 0.325 e. The van der Waals surface area contributed by atoms with Gasteiger partial charge in [0.1, 0.15) is 11.6 Å². The fourth-order valence-electron chi connectivity index (χ4n) is 1.93. The van der Waals surface area contributed by atoms with Gasteiger partial charge in [-0.3, -0.25) is 19.7 Å². The molecule has 3 N–H and O–H groups in total. The molecule has 1 amide bonds. The topological polar surface area (TPSA) is 166 Å². The second kappa shape index (κ2) is 8.90. The second-order valence-corrected chi connectivity index (χ2v) is 5.98. The standard InChI is InChI=1S/C15H16ClN7O5/c1-22(2)15-20-11(19-14(17)21-15)7-28-12(24)6-18-13(25)8-3-4-9(16)10(5-8)23(26)27/h3-5H,6-7H2,1-2H3,(H,18,25)(H2,17,19,20,21). The summed E-state index contributed by atoms with van der Waals surface area (Å²) in [6.45, 7) is -0.731. The van der Waals surface area contributed by atoms with Crippen LogP contribution in [0.4, 0.5) is 17.6 Å². The quantitative estimate of drug-likeness (QED) is 0.374. The van der Waals surface area contributed by atoms with Gasteiger partial charge in [-0.1, -0.05) is 11.6 Å². The molecule has 0 bridgehead atoms. The average molecular weight is 410 g/mol. The fourth-order valence-corrected chi connectivity index (χ4v) is 2.12. The molecule has 1 aromatic heterocycles. The predicted molar refractivity (Wildman–Crippen MR) is 98.8 cm³/mol. The molecule has 2 aromatic rings. The van der Waals surface area contributed by atoms with E-state index in [-0.39, 0.29) is 29.0 Å². The number of nitro benzene ring substituents is 1. The van der Waals surface area contributed by atoms with Crippen LogP contribution in [0.5, 0.6) is 0 Å². The van der Waals surface area contributed by atoms with Crippen molar-refractivity contribution in [1.82, 2.24) is 20.3 Å². The molecular weight excluding hydrogens is 394 g/mol. The Morgan fingerprint density at radius 1 is 1.32 bits per heavy atom. The van der Waals surface area contributed by atoms with Gasteiger partial charge in [-0.05, 0) is 12.1 Å². The minimum Gasteiger partial charge on any atom is -0.456 e. The Kier molecular flexibility index (Phi) is 6.60. The summed E-state index contributed by atoms with van der Waals surface area (Å²) in [5.41, 5.74) is 5.13. The van der Waals surface area contributed by atoms with Gasteiger partial charge in [0.25, 0.3) is 11.6 Å². The number of nitrogens with zero attached hydrogens (tertiary/aromatic N) is 5. The molecule has 0 atom stereocenters. The third-order valence-corrected chi connectivity index (χ3v) is 3.57. The number of carbonyl (C=O) groups is 2. The van der Waals surface area contributed by atoms with Gasteiger partial charge in [0.15, 0.2) is 12.4 Å². The number of nitrogen functional groups attached to an aromatic ring is 1. The lowest BCUT2D eigenvalue weighted by Gasteiger charge is -2.11. The van der Waals surface area contributed by atoms with Gasteiger partial charge in [0, 0.05) is 25.7 Å². The summed E-state index contributed by atoms with van der Waals surface area (Å²) in [7, 11) is 3.42. The van der Waals surface area contributed by atoms with Crippen LogP contribution < -0.4 is 16.0 Å². The van der Waals surface area contributed by atoms with Crippen molar-refractivity contribution < 1.29 is 19.2 Å². The highest BCUT2D eigenvalue weighted by Crippen LogP contribution is 2.24. The van der Waals surface area contributed by atoms with Crippen molar-refractivity contribution in [1.29, 1.82) is 0 Å². The van der Waals surface area contributed by atoms with Crippen molar-refractivity contribution in [2.45, 2.75) is 6.61 Å². The Balaban J connectivity index is 1.92. The summed E-state index contributed by atoms with van der Waals surface area (Å²) in [6.07, 6.45) is 0. The Morgan fingerprint density at radius 2 is 2.04 bits per heavy atom. The SMILES string of the molecule is CN(C)c1nc(N)nc(COC(=O)CNC(=O)c2ccc(Cl)c([N+](=O)[O-])c2)n1. The van der Waals surface area contributed by atoms with Crippen LogP contribution in [0.15, 0.2) is 18.2 Å². The summed E-state index contributed by atoms with van der Waals surface area (Å²) >= 11 is 5.69. The number of rotatable bonds is 7. The van der Waals surface area contributed by atoms with E-state index in [1.54, 1.807) is 19.0 Å². The number of benzene rings is 1. The molecule has 28 heavy (non-hydrogen) atoms. The first kappa shape index (κ1) is 20.8. The predicted octanol–water partition coefficient (Wildman–Crippen LogP) is 0.555. The minimum absolute atomic E-state index is 0.0234. The van der Waals surface area contributed by atoms with Crippen molar-refractivity contribution in [3.05, 3.63) is 44.7 Å². The lowest BCUT2D eigenvalue weighted by molar-refractivity contribution is -0.384. The van der Waals surface area contributed by atoms with E-state index >= 15 is 0 Å². The lowest BCUT2D eigenvalue weighted by atomic mass is 10.2. The molecule has 0 aliphatic rings. The molecule has 13 heteroatoms. The smallest absolute Gasteiger partial charge is 0.325 e. The van der Waals surface area contributed by atoms with Gasteiger partial charge in [-0.2, -0.15) is 15.0 Å². The maximum absolute atomic E-state index is 12.0. The highest BCUT2D eigenvalue weighted by atomic mass is 35.5. The number of anilines is 2. The van der Waals surface area contributed by atoms with Crippen LogP contribution in [0.25, 0.3) is 0 Å². The Labute approximate surface area is 163 Å². The first-order chi connectivity index (χ1) is 13.2. The molecule has 0 aliphatic carbocycles. The zero-order chi connectivity index (χ0) is 20.8. The maximum atomic E-state index is 12.0. The van der Waals surface area contributed by atoms with E-state index in [4.69, 9.17) is 22.1 Å². The Morgan fingerprint density at radius 3 is 2.68 bits per heavy atom. The van der Waals surface area contributed by atoms with Crippen LogP contribution in [-0.2, 0) is 16.1 Å². The monoisotopic (exact) mass is 409 g/mol. The number of hydrogen-bond acceptors (Lipinski definition) is 10. The van der Waals surface area contributed by atoms with Gasteiger partial charge in [0.05, 0.1) is 4.92 Å². The summed E-state index contributed by atoms with van der Waals surface area (Å²) in [6, 6.07) is 3.53. The Hall–Kier alpha value is -3.54. The second-order valence-electron chi connectivity index (χ2n) is 5.57. The first-order valence-corrected chi connectivity index (χ1v) is 8.10. The van der Waals surface area contributed by atoms with Crippen LogP contribution in [0.2, 0.25) is 5.02 Å². The molecule has 1 heterocycles. The number of ether oxygens (including phenoxy) is 1. The molecule has 0 radical (unpaired) electrons. The average Bonchev–Trinajstić information content (AvgIpc) is 2.64. The van der Waals surface area contributed by atoms with Crippen molar-refractivity contribution in [2.24, 2.45) is 0 Å². The Bertz CT molecular complexity index is 922. The molecule has 12 nitrogen and oxygen atoms in total. The number of aromatic nitrogens is 3. The summed E-state index contributed by atoms with van der Waals surface area (Å²) in [5.74, 6) is -1.04. The molecule has 148 valence electrons. The third kappa shape index (κ3) is 5.48. The van der Waals surface area contributed by atoms with Crippen LogP contribution in [0.1, 0.15) is 16.2 Å². The van der Waals surface area contributed by atoms with Crippen molar-refractivity contribution >= 4 is 41.1 Å². The largest absolute Gasteiger partial charge is 0.456 e. The lowest BCUT2D eigenvalue weighted by Crippen LogP contribution is -2.30. The summed E-state index contributed by atoms with van der Waals surface area (Å²) < 4.78 is 4.98. The molecule has 0 saturated heterocycles. The number of nitrogens with one attached hydrogen (secondary N) is 1. The molecule has 0 unspecified atom stereocenters. The number of amides is 1. The van der Waals surface area contributed by atoms with Crippen LogP contribution in [0.3, 0.4) is 0 Å². The van der Waals surface area contributed by atoms with Crippen LogP contribution in [0, 0.1) is 10.1 Å². The summed E-state index contributed by atoms with van der Waals surface area (Å²) in [4.78, 5) is 47.4.